The topological polar surface area (TPSA) is 18.5 Å². The van der Waals surface area contributed by atoms with Gasteiger partial charge in [0.25, 0.3) is 0 Å². The molecule has 0 saturated carbocycles. The quantitative estimate of drug-likeness (QED) is 0.429. The first-order valence-electron chi connectivity index (χ1n) is 5.47. The van der Waals surface area contributed by atoms with Crippen molar-refractivity contribution in [3.05, 3.63) is 37.1 Å². The highest BCUT2D eigenvalue weighted by Crippen LogP contribution is 2.13. The van der Waals surface area contributed by atoms with Crippen LogP contribution in [0, 0.1) is 0 Å². The van der Waals surface area contributed by atoms with Crippen LogP contribution in [0.4, 0.5) is 0 Å². The Labute approximate surface area is 98.9 Å². The SMILES string of the molecule is C=COCC[Si](C)(C)c1ccc(OC)cc1. The zero-order chi connectivity index (χ0) is 12.0. The first-order valence-corrected chi connectivity index (χ1v) is 8.68. The maximum absolute atomic E-state index is 5.21. The predicted octanol–water partition coefficient (Wildman–Crippen LogP) is 2.77. The van der Waals surface area contributed by atoms with E-state index in [4.69, 9.17) is 9.47 Å². The standard InChI is InChI=1S/C13H20O2Si/c1-5-15-10-11-16(3,4)13-8-6-12(14-2)7-9-13/h5-9H,1,10-11H2,2-4H3. The molecular formula is C13H20O2Si. The minimum absolute atomic E-state index is 0.759. The molecule has 0 aliphatic heterocycles. The molecule has 16 heavy (non-hydrogen) atoms. The van der Waals surface area contributed by atoms with Crippen LogP contribution in [0.1, 0.15) is 0 Å². The van der Waals surface area contributed by atoms with E-state index in [-0.39, 0.29) is 0 Å². The second kappa shape index (κ2) is 5.75. The Morgan fingerprint density at radius 2 is 1.88 bits per heavy atom. The molecule has 1 aromatic rings. The molecule has 0 N–H and O–H groups in total. The number of methoxy groups -OCH3 is 1. The van der Waals surface area contributed by atoms with Gasteiger partial charge in [-0.1, -0.05) is 37.0 Å². The second-order valence-corrected chi connectivity index (χ2v) is 9.24. The largest absolute Gasteiger partial charge is 0.502 e. The fraction of sp³-hybridized carbons (Fsp3) is 0.385. The Balaban J connectivity index is 2.68. The summed E-state index contributed by atoms with van der Waals surface area (Å²) in [6.45, 7) is 9.01. The average Bonchev–Trinajstić information content (AvgIpc) is 2.29. The van der Waals surface area contributed by atoms with Gasteiger partial charge in [-0.05, 0) is 18.2 Å². The molecule has 3 heteroatoms. The maximum Gasteiger partial charge on any atom is 0.118 e. The predicted molar refractivity (Wildman–Crippen MR) is 71.1 cm³/mol. The monoisotopic (exact) mass is 236 g/mol. The van der Waals surface area contributed by atoms with Gasteiger partial charge in [0.05, 0.1) is 28.1 Å². The lowest BCUT2D eigenvalue weighted by atomic mass is 10.3. The minimum atomic E-state index is -1.38. The molecule has 0 aliphatic rings. The first-order chi connectivity index (χ1) is 7.60. The lowest BCUT2D eigenvalue weighted by Crippen LogP contribution is -2.41. The maximum atomic E-state index is 5.21. The van der Waals surface area contributed by atoms with Gasteiger partial charge in [0.1, 0.15) is 5.75 Å². The van der Waals surface area contributed by atoms with Crippen LogP contribution in [-0.2, 0) is 4.74 Å². The van der Waals surface area contributed by atoms with Gasteiger partial charge in [0.15, 0.2) is 0 Å². The zero-order valence-corrected chi connectivity index (χ0v) is 11.3. The van der Waals surface area contributed by atoms with Crippen LogP contribution in [0.5, 0.6) is 5.75 Å². The highest BCUT2D eigenvalue weighted by atomic mass is 28.3. The van der Waals surface area contributed by atoms with E-state index in [2.05, 4.69) is 31.8 Å². The molecule has 0 saturated heterocycles. The Hall–Kier alpha value is -1.22. The van der Waals surface area contributed by atoms with Gasteiger partial charge in [0, 0.05) is 0 Å². The van der Waals surface area contributed by atoms with Gasteiger partial charge in [-0.25, -0.2) is 0 Å². The van der Waals surface area contributed by atoms with E-state index in [0.717, 1.165) is 18.4 Å². The third-order valence-corrected chi connectivity index (χ3v) is 6.18. The van der Waals surface area contributed by atoms with Crippen molar-refractivity contribution in [2.75, 3.05) is 13.7 Å². The summed E-state index contributed by atoms with van der Waals surface area (Å²) < 4.78 is 10.4. The fourth-order valence-electron chi connectivity index (χ4n) is 1.58. The van der Waals surface area contributed by atoms with E-state index in [1.807, 2.05) is 12.1 Å². The van der Waals surface area contributed by atoms with Crippen LogP contribution >= 0.6 is 0 Å². The summed E-state index contributed by atoms with van der Waals surface area (Å²) in [5.41, 5.74) is 0. The summed E-state index contributed by atoms with van der Waals surface area (Å²) in [5, 5.41) is 1.43. The fourth-order valence-corrected chi connectivity index (χ4v) is 3.57. The van der Waals surface area contributed by atoms with Crippen molar-refractivity contribution in [1.29, 1.82) is 0 Å². The molecule has 0 bridgehead atoms. The minimum Gasteiger partial charge on any atom is -0.502 e. The molecule has 0 spiro atoms. The van der Waals surface area contributed by atoms with Gasteiger partial charge in [-0.3, -0.25) is 0 Å². The Kier molecular flexibility index (Phi) is 4.62. The summed E-state index contributed by atoms with van der Waals surface area (Å²) in [5.74, 6) is 0.913. The average molecular weight is 236 g/mol. The molecule has 2 nitrogen and oxygen atoms in total. The van der Waals surface area contributed by atoms with Crippen molar-refractivity contribution >= 4 is 13.3 Å². The normalized spacial score (nSPS) is 10.9. The van der Waals surface area contributed by atoms with Gasteiger partial charge < -0.3 is 9.47 Å². The molecule has 0 aromatic heterocycles. The summed E-state index contributed by atoms with van der Waals surface area (Å²) >= 11 is 0. The van der Waals surface area contributed by atoms with Crippen molar-refractivity contribution < 1.29 is 9.47 Å². The number of benzene rings is 1. The number of ether oxygens (including phenoxy) is 2. The van der Waals surface area contributed by atoms with Crippen molar-refractivity contribution in [2.24, 2.45) is 0 Å². The van der Waals surface area contributed by atoms with Gasteiger partial charge >= 0.3 is 0 Å². The highest BCUT2D eigenvalue weighted by Gasteiger charge is 2.22. The molecule has 88 valence electrons. The molecule has 0 aliphatic carbocycles. The van der Waals surface area contributed by atoms with Crippen molar-refractivity contribution in [1.82, 2.24) is 0 Å². The molecule has 1 aromatic carbocycles. The number of hydrogen-bond acceptors (Lipinski definition) is 2. The number of hydrogen-bond donors (Lipinski definition) is 0. The van der Waals surface area contributed by atoms with E-state index in [9.17, 15) is 0 Å². The van der Waals surface area contributed by atoms with E-state index < -0.39 is 8.07 Å². The van der Waals surface area contributed by atoms with E-state index in [1.165, 1.54) is 11.4 Å². The van der Waals surface area contributed by atoms with E-state index in [0.29, 0.717) is 0 Å². The lowest BCUT2D eigenvalue weighted by molar-refractivity contribution is 0.269. The number of rotatable bonds is 6. The summed E-state index contributed by atoms with van der Waals surface area (Å²) in [7, 11) is 0.309. The van der Waals surface area contributed by atoms with Gasteiger partial charge in [-0.2, -0.15) is 0 Å². The van der Waals surface area contributed by atoms with Gasteiger partial charge in [0.2, 0.25) is 0 Å². The molecule has 0 atom stereocenters. The third kappa shape index (κ3) is 3.42. The van der Waals surface area contributed by atoms with Crippen LogP contribution in [0.25, 0.3) is 0 Å². The van der Waals surface area contributed by atoms with E-state index >= 15 is 0 Å². The highest BCUT2D eigenvalue weighted by molar-refractivity contribution is 6.89. The van der Waals surface area contributed by atoms with Gasteiger partial charge in [-0.15, -0.1) is 0 Å². The Morgan fingerprint density at radius 3 is 2.38 bits per heavy atom. The van der Waals surface area contributed by atoms with Crippen LogP contribution in [-0.4, -0.2) is 21.8 Å². The molecule has 1 rings (SSSR count). The smallest absolute Gasteiger partial charge is 0.118 e. The molecule has 0 heterocycles. The third-order valence-electron chi connectivity index (χ3n) is 2.83. The van der Waals surface area contributed by atoms with Crippen LogP contribution < -0.4 is 9.92 Å². The van der Waals surface area contributed by atoms with Crippen molar-refractivity contribution in [3.63, 3.8) is 0 Å². The lowest BCUT2D eigenvalue weighted by Gasteiger charge is -2.22. The van der Waals surface area contributed by atoms with Crippen LogP contribution in [0.2, 0.25) is 19.1 Å². The van der Waals surface area contributed by atoms with Crippen LogP contribution in [0.15, 0.2) is 37.1 Å². The summed E-state index contributed by atoms with van der Waals surface area (Å²) in [6.07, 6.45) is 1.51. The van der Waals surface area contributed by atoms with Crippen molar-refractivity contribution in [2.45, 2.75) is 19.1 Å². The Bertz CT molecular complexity index is 330. The molecule has 0 unspecified atom stereocenters. The zero-order valence-electron chi connectivity index (χ0n) is 10.3. The second-order valence-electron chi connectivity index (χ2n) is 4.40. The molecule has 0 fully saturated rings. The van der Waals surface area contributed by atoms with Crippen molar-refractivity contribution in [3.8, 4) is 5.75 Å². The van der Waals surface area contributed by atoms with E-state index in [1.54, 1.807) is 7.11 Å². The molecule has 0 radical (unpaired) electrons. The first kappa shape index (κ1) is 12.8. The Morgan fingerprint density at radius 1 is 1.25 bits per heavy atom. The molecule has 0 amide bonds. The summed E-state index contributed by atoms with van der Waals surface area (Å²) in [6, 6.07) is 9.49. The molecular weight excluding hydrogens is 216 g/mol. The van der Waals surface area contributed by atoms with Crippen LogP contribution in [0.3, 0.4) is 0 Å². The summed E-state index contributed by atoms with van der Waals surface area (Å²) in [4.78, 5) is 0.